The Kier molecular flexibility index (Phi) is 4.77. The van der Waals surface area contributed by atoms with E-state index in [0.29, 0.717) is 4.60 Å². The van der Waals surface area contributed by atoms with Gasteiger partial charge in [-0.25, -0.2) is 8.42 Å². The van der Waals surface area contributed by atoms with E-state index >= 15 is 0 Å². The molecule has 2 rings (SSSR count). The molecular weight excluding hydrogens is 372 g/mol. The summed E-state index contributed by atoms with van der Waals surface area (Å²) in [6.45, 7) is 0. The van der Waals surface area contributed by atoms with Crippen molar-refractivity contribution in [2.75, 3.05) is 22.9 Å². The molecule has 0 saturated carbocycles. The molecule has 2 aromatic rings. The summed E-state index contributed by atoms with van der Waals surface area (Å²) in [5.74, 6) is -0.201. The van der Waals surface area contributed by atoms with E-state index in [1.54, 1.807) is 36.4 Å². The van der Waals surface area contributed by atoms with Crippen LogP contribution in [0.3, 0.4) is 0 Å². The Morgan fingerprint density at radius 2 is 1.86 bits per heavy atom. The van der Waals surface area contributed by atoms with Crippen LogP contribution in [0.5, 0.6) is 0 Å². The Hall–Kier alpha value is -2.00. The molecule has 7 nitrogen and oxygen atoms in total. The van der Waals surface area contributed by atoms with Crippen molar-refractivity contribution in [3.05, 3.63) is 46.6 Å². The van der Waals surface area contributed by atoms with Gasteiger partial charge in [0.05, 0.1) is 17.5 Å². The van der Waals surface area contributed by atoms with Gasteiger partial charge in [0, 0.05) is 7.05 Å². The van der Waals surface area contributed by atoms with Gasteiger partial charge in [-0.3, -0.25) is 9.10 Å². The lowest BCUT2D eigenvalue weighted by atomic mass is 10.1. The first-order chi connectivity index (χ1) is 10.3. The first-order valence-electron chi connectivity index (χ1n) is 6.12. The molecule has 0 radical (unpaired) electrons. The number of nitrogens with one attached hydrogen (secondary N) is 1. The van der Waals surface area contributed by atoms with E-state index in [-0.39, 0.29) is 17.1 Å². The Morgan fingerprint density at radius 3 is 2.45 bits per heavy atom. The Bertz CT molecular complexity index is 793. The quantitative estimate of drug-likeness (QED) is 0.868. The summed E-state index contributed by atoms with van der Waals surface area (Å²) in [5, 5.41) is 10.2. The highest BCUT2D eigenvalue weighted by molar-refractivity contribution is 9.10. The number of nitrogens with zero attached hydrogens (tertiary/aromatic N) is 3. The summed E-state index contributed by atoms with van der Waals surface area (Å²) in [4.78, 5) is 12.3. The molecule has 0 bridgehead atoms. The molecular formula is C13H13BrN4O3S. The molecule has 1 aromatic carbocycles. The first-order valence-corrected chi connectivity index (χ1v) is 8.76. The van der Waals surface area contributed by atoms with Gasteiger partial charge >= 0.3 is 0 Å². The standard InChI is InChI=1S/C13H13BrN4O3S/c1-18(22(2,20)21)10-6-4-3-5-9(10)13(19)15-12-8-7-11(14)16-17-12/h3-8H,1-2H3,(H,15,17,19). The van der Waals surface area contributed by atoms with Crippen LogP contribution in [0.2, 0.25) is 0 Å². The van der Waals surface area contributed by atoms with E-state index in [1.165, 1.54) is 7.05 Å². The number of halogens is 1. The fourth-order valence-electron chi connectivity index (χ4n) is 1.69. The molecule has 0 atom stereocenters. The third-order valence-corrected chi connectivity index (χ3v) is 4.47. The summed E-state index contributed by atoms with van der Waals surface area (Å²) < 4.78 is 24.9. The lowest BCUT2D eigenvalue weighted by Gasteiger charge is -2.19. The molecule has 116 valence electrons. The van der Waals surface area contributed by atoms with Crippen LogP contribution < -0.4 is 9.62 Å². The number of hydrogen-bond acceptors (Lipinski definition) is 5. The number of anilines is 2. The Balaban J connectivity index is 2.32. The number of carbonyl (C=O) groups excluding carboxylic acids is 1. The molecule has 0 fully saturated rings. The van der Waals surface area contributed by atoms with Gasteiger partial charge in [-0.1, -0.05) is 12.1 Å². The van der Waals surface area contributed by atoms with Crippen molar-refractivity contribution in [1.82, 2.24) is 10.2 Å². The zero-order valence-corrected chi connectivity index (χ0v) is 14.2. The van der Waals surface area contributed by atoms with E-state index in [2.05, 4.69) is 31.4 Å². The molecule has 1 aromatic heterocycles. The maximum atomic E-state index is 12.3. The second-order valence-electron chi connectivity index (χ2n) is 4.44. The lowest BCUT2D eigenvalue weighted by molar-refractivity contribution is 0.102. The molecule has 9 heteroatoms. The molecule has 1 heterocycles. The van der Waals surface area contributed by atoms with Gasteiger partial charge in [-0.2, -0.15) is 0 Å². The summed E-state index contributed by atoms with van der Waals surface area (Å²) in [6.07, 6.45) is 1.07. The highest BCUT2D eigenvalue weighted by Crippen LogP contribution is 2.22. The third kappa shape index (κ3) is 3.80. The number of rotatable bonds is 4. The zero-order valence-electron chi connectivity index (χ0n) is 11.8. The van der Waals surface area contributed by atoms with E-state index < -0.39 is 15.9 Å². The number of carbonyl (C=O) groups is 1. The van der Waals surface area contributed by atoms with Crippen molar-refractivity contribution in [2.45, 2.75) is 0 Å². The topological polar surface area (TPSA) is 92.3 Å². The minimum Gasteiger partial charge on any atom is -0.305 e. The van der Waals surface area contributed by atoms with Gasteiger partial charge in [-0.15, -0.1) is 10.2 Å². The SMILES string of the molecule is CN(c1ccccc1C(=O)Nc1ccc(Br)nn1)S(C)(=O)=O. The summed E-state index contributed by atoms with van der Waals surface area (Å²) in [5.41, 5.74) is 0.507. The molecule has 0 saturated heterocycles. The van der Waals surface area contributed by atoms with Crippen LogP contribution in [-0.4, -0.2) is 37.8 Å². The number of sulfonamides is 1. The Labute approximate surface area is 136 Å². The van der Waals surface area contributed by atoms with Gasteiger partial charge in [0.25, 0.3) is 5.91 Å². The maximum Gasteiger partial charge on any atom is 0.259 e. The Morgan fingerprint density at radius 1 is 1.18 bits per heavy atom. The summed E-state index contributed by atoms with van der Waals surface area (Å²) in [7, 11) is -2.08. The third-order valence-electron chi connectivity index (χ3n) is 2.86. The van der Waals surface area contributed by atoms with Gasteiger partial charge in [0.1, 0.15) is 4.60 Å². The van der Waals surface area contributed by atoms with Crippen molar-refractivity contribution in [1.29, 1.82) is 0 Å². The minimum absolute atomic E-state index is 0.222. The molecule has 0 aliphatic heterocycles. The fraction of sp³-hybridized carbons (Fsp3) is 0.154. The number of benzene rings is 1. The van der Waals surface area contributed by atoms with Gasteiger partial charge in [0.2, 0.25) is 10.0 Å². The van der Waals surface area contributed by atoms with E-state index in [1.807, 2.05) is 0 Å². The lowest BCUT2D eigenvalue weighted by Crippen LogP contribution is -2.27. The van der Waals surface area contributed by atoms with Crippen LogP contribution in [0.4, 0.5) is 11.5 Å². The fourth-order valence-corrected chi connectivity index (χ4v) is 2.41. The molecule has 0 aliphatic rings. The predicted molar refractivity (Wildman–Crippen MR) is 87.4 cm³/mol. The van der Waals surface area contributed by atoms with E-state index in [4.69, 9.17) is 0 Å². The largest absolute Gasteiger partial charge is 0.305 e. The smallest absolute Gasteiger partial charge is 0.259 e. The average molecular weight is 385 g/mol. The maximum absolute atomic E-state index is 12.3. The first kappa shape index (κ1) is 16.4. The highest BCUT2D eigenvalue weighted by Gasteiger charge is 2.19. The van der Waals surface area contributed by atoms with Gasteiger partial charge < -0.3 is 5.32 Å². The van der Waals surface area contributed by atoms with Crippen LogP contribution in [0.15, 0.2) is 41.0 Å². The van der Waals surface area contributed by atoms with Crippen molar-refractivity contribution in [2.24, 2.45) is 0 Å². The number of hydrogen-bond donors (Lipinski definition) is 1. The second kappa shape index (κ2) is 6.41. The van der Waals surface area contributed by atoms with Crippen molar-refractivity contribution < 1.29 is 13.2 Å². The van der Waals surface area contributed by atoms with Crippen molar-refractivity contribution >= 4 is 43.4 Å². The van der Waals surface area contributed by atoms with Gasteiger partial charge in [-0.05, 0) is 40.2 Å². The van der Waals surface area contributed by atoms with Crippen LogP contribution >= 0.6 is 15.9 Å². The number of amides is 1. The normalized spacial score (nSPS) is 11.0. The molecule has 0 spiro atoms. The van der Waals surface area contributed by atoms with E-state index in [0.717, 1.165) is 10.6 Å². The van der Waals surface area contributed by atoms with Crippen molar-refractivity contribution in [3.63, 3.8) is 0 Å². The van der Waals surface area contributed by atoms with Crippen LogP contribution in [0.1, 0.15) is 10.4 Å². The monoisotopic (exact) mass is 384 g/mol. The average Bonchev–Trinajstić information content (AvgIpc) is 2.48. The van der Waals surface area contributed by atoms with Crippen LogP contribution in [0.25, 0.3) is 0 Å². The van der Waals surface area contributed by atoms with Crippen LogP contribution in [0, 0.1) is 0 Å². The number of aromatic nitrogens is 2. The molecule has 1 amide bonds. The number of para-hydroxylation sites is 1. The van der Waals surface area contributed by atoms with Crippen molar-refractivity contribution in [3.8, 4) is 0 Å². The highest BCUT2D eigenvalue weighted by atomic mass is 79.9. The molecule has 1 N–H and O–H groups in total. The minimum atomic E-state index is -3.47. The van der Waals surface area contributed by atoms with E-state index in [9.17, 15) is 13.2 Å². The summed E-state index contributed by atoms with van der Waals surface area (Å²) in [6, 6.07) is 9.63. The van der Waals surface area contributed by atoms with Crippen LogP contribution in [-0.2, 0) is 10.0 Å². The second-order valence-corrected chi connectivity index (χ2v) is 7.27. The molecule has 0 aliphatic carbocycles. The zero-order chi connectivity index (χ0) is 16.3. The predicted octanol–water partition coefficient (Wildman–Crippen LogP) is 1.89. The molecule has 0 unspecified atom stereocenters. The summed E-state index contributed by atoms with van der Waals surface area (Å²) >= 11 is 3.15. The molecule has 22 heavy (non-hydrogen) atoms. The van der Waals surface area contributed by atoms with Gasteiger partial charge in [0.15, 0.2) is 5.82 Å².